The van der Waals surface area contributed by atoms with Gasteiger partial charge in [0.05, 0.1) is 29.8 Å². The predicted molar refractivity (Wildman–Crippen MR) is 98.5 cm³/mol. The van der Waals surface area contributed by atoms with E-state index in [0.29, 0.717) is 11.0 Å². The lowest BCUT2D eigenvalue weighted by atomic mass is 10.1. The summed E-state index contributed by atoms with van der Waals surface area (Å²) >= 11 is 0. The van der Waals surface area contributed by atoms with Crippen LogP contribution >= 0.6 is 0 Å². The number of benzene rings is 1. The second-order valence-electron chi connectivity index (χ2n) is 7.55. The third kappa shape index (κ3) is 4.92. The predicted octanol–water partition coefficient (Wildman–Crippen LogP) is 2.76. The minimum Gasteiger partial charge on any atom is -0.444 e. The molecule has 180 valence electrons. The molecule has 2 aliphatic rings. The SMILES string of the molecule is C[C@@H]1C(OC(N)=O)CCN1C(=O)[C@@H]1CN(c2ccc(C#N)c(C(F)(F)F)c2)[C@@H](C(F)(F)F)O1. The third-order valence-corrected chi connectivity index (χ3v) is 5.49. The summed E-state index contributed by atoms with van der Waals surface area (Å²) in [6.45, 7) is 0.892. The van der Waals surface area contributed by atoms with E-state index in [1.54, 1.807) is 0 Å². The number of nitrogens with zero attached hydrogens (tertiary/aromatic N) is 3. The van der Waals surface area contributed by atoms with Gasteiger partial charge >= 0.3 is 18.4 Å². The normalized spacial score (nSPS) is 25.8. The highest BCUT2D eigenvalue weighted by molar-refractivity contribution is 5.83. The van der Waals surface area contributed by atoms with Gasteiger partial charge in [-0.3, -0.25) is 4.79 Å². The van der Waals surface area contributed by atoms with Crippen LogP contribution in [0.15, 0.2) is 18.2 Å². The smallest absolute Gasteiger partial charge is 0.433 e. The van der Waals surface area contributed by atoms with Crippen molar-refractivity contribution in [3.63, 3.8) is 0 Å². The Morgan fingerprint density at radius 1 is 1.24 bits per heavy atom. The van der Waals surface area contributed by atoms with Crippen molar-refractivity contribution < 1.29 is 45.4 Å². The molecule has 2 aliphatic heterocycles. The van der Waals surface area contributed by atoms with Crippen LogP contribution in [0.1, 0.15) is 24.5 Å². The summed E-state index contributed by atoms with van der Waals surface area (Å²) in [6, 6.07) is 2.76. The van der Waals surface area contributed by atoms with E-state index in [1.807, 2.05) is 0 Å². The summed E-state index contributed by atoms with van der Waals surface area (Å²) in [5.41, 5.74) is 2.30. The third-order valence-electron chi connectivity index (χ3n) is 5.49. The first-order valence-corrected chi connectivity index (χ1v) is 9.60. The molecule has 0 spiro atoms. The average molecular weight is 480 g/mol. The summed E-state index contributed by atoms with van der Waals surface area (Å²) in [6.07, 6.45) is -16.0. The highest BCUT2D eigenvalue weighted by Gasteiger charge is 2.54. The van der Waals surface area contributed by atoms with Crippen LogP contribution in [-0.4, -0.2) is 60.6 Å². The summed E-state index contributed by atoms with van der Waals surface area (Å²) in [4.78, 5) is 25.5. The lowest BCUT2D eigenvalue weighted by Gasteiger charge is -2.27. The first kappa shape index (κ1) is 24.4. The van der Waals surface area contributed by atoms with Crippen molar-refractivity contribution in [3.05, 3.63) is 29.3 Å². The van der Waals surface area contributed by atoms with Crippen LogP contribution < -0.4 is 10.6 Å². The number of anilines is 1. The van der Waals surface area contributed by atoms with Crippen LogP contribution in [-0.2, 0) is 20.4 Å². The number of likely N-dealkylation sites (tertiary alicyclic amines) is 1. The van der Waals surface area contributed by atoms with Gasteiger partial charge in [-0.15, -0.1) is 0 Å². The number of ether oxygens (including phenoxy) is 2. The van der Waals surface area contributed by atoms with Gasteiger partial charge < -0.3 is 25.0 Å². The first-order chi connectivity index (χ1) is 15.2. The Labute approximate surface area is 183 Å². The van der Waals surface area contributed by atoms with Crippen molar-refractivity contribution in [2.24, 2.45) is 5.73 Å². The zero-order valence-electron chi connectivity index (χ0n) is 17.0. The Morgan fingerprint density at radius 3 is 2.45 bits per heavy atom. The molecular formula is C19H18F6N4O4. The highest BCUT2D eigenvalue weighted by Crippen LogP contribution is 2.39. The summed E-state index contributed by atoms with van der Waals surface area (Å²) in [7, 11) is 0. The molecule has 1 unspecified atom stereocenters. The topological polar surface area (TPSA) is 109 Å². The number of carbonyl (C=O) groups excluding carboxylic acids is 2. The second-order valence-corrected chi connectivity index (χ2v) is 7.55. The zero-order valence-corrected chi connectivity index (χ0v) is 17.0. The Morgan fingerprint density at radius 2 is 1.91 bits per heavy atom. The van der Waals surface area contributed by atoms with E-state index >= 15 is 0 Å². The van der Waals surface area contributed by atoms with E-state index in [9.17, 15) is 35.9 Å². The number of nitrogens with two attached hydrogens (primary N) is 1. The second kappa shape index (κ2) is 8.62. The molecule has 33 heavy (non-hydrogen) atoms. The van der Waals surface area contributed by atoms with Crippen molar-refractivity contribution >= 4 is 17.7 Å². The van der Waals surface area contributed by atoms with Crippen molar-refractivity contribution in [1.29, 1.82) is 5.26 Å². The van der Waals surface area contributed by atoms with Gasteiger partial charge in [0.15, 0.2) is 6.10 Å². The molecular weight excluding hydrogens is 462 g/mol. The highest BCUT2D eigenvalue weighted by atomic mass is 19.4. The largest absolute Gasteiger partial charge is 0.444 e. The minimum atomic E-state index is -5.03. The van der Waals surface area contributed by atoms with Crippen LogP contribution in [0.3, 0.4) is 0 Å². The lowest BCUT2D eigenvalue weighted by Crippen LogP contribution is -2.45. The van der Waals surface area contributed by atoms with E-state index in [4.69, 9.17) is 20.5 Å². The van der Waals surface area contributed by atoms with Crippen LogP contribution in [0.4, 0.5) is 36.8 Å². The molecule has 0 radical (unpaired) electrons. The fourth-order valence-corrected chi connectivity index (χ4v) is 3.93. The standard InChI is InChI=1S/C19H18F6N4O4/c1-9-13(33-17(27)31)4-5-28(9)15(30)14-8-29(16(32-14)19(23,24)25)11-3-2-10(7-26)12(6-11)18(20,21)22/h2-3,6,9,13-14,16H,4-5,8H2,1H3,(H2,27,31)/t9-,13?,14+,16-/m1/s1. The molecule has 8 nitrogen and oxygen atoms in total. The number of alkyl halides is 6. The fraction of sp³-hybridized carbons (Fsp3) is 0.526. The van der Waals surface area contributed by atoms with Crippen LogP contribution in [0, 0.1) is 11.3 Å². The van der Waals surface area contributed by atoms with E-state index in [0.717, 1.165) is 12.1 Å². The van der Waals surface area contributed by atoms with Gasteiger partial charge in [-0.2, -0.15) is 31.6 Å². The number of halogens is 6. The molecule has 0 saturated carbocycles. The maximum absolute atomic E-state index is 13.6. The number of carbonyl (C=O) groups is 2. The quantitative estimate of drug-likeness (QED) is 0.667. The molecule has 0 bridgehead atoms. The molecule has 2 heterocycles. The molecule has 0 aliphatic carbocycles. The molecule has 2 fully saturated rings. The van der Waals surface area contributed by atoms with E-state index in [-0.39, 0.29) is 13.0 Å². The molecule has 4 atom stereocenters. The van der Waals surface area contributed by atoms with Crippen molar-refractivity contribution in [3.8, 4) is 6.07 Å². The lowest BCUT2D eigenvalue weighted by molar-refractivity contribution is -0.215. The van der Waals surface area contributed by atoms with E-state index < -0.39 is 72.2 Å². The molecule has 2 N–H and O–H groups in total. The van der Waals surface area contributed by atoms with Crippen molar-refractivity contribution in [1.82, 2.24) is 4.90 Å². The molecule has 0 aromatic heterocycles. The number of primary amides is 1. The number of hydrogen-bond acceptors (Lipinski definition) is 6. The molecule has 1 aromatic rings. The first-order valence-electron chi connectivity index (χ1n) is 9.60. The molecule has 2 saturated heterocycles. The van der Waals surface area contributed by atoms with Gasteiger partial charge in [-0.25, -0.2) is 4.79 Å². The Hall–Kier alpha value is -3.21. The van der Waals surface area contributed by atoms with Gasteiger partial charge in [0.25, 0.3) is 5.91 Å². The fourth-order valence-electron chi connectivity index (χ4n) is 3.93. The summed E-state index contributed by atoms with van der Waals surface area (Å²) < 4.78 is 90.6. The maximum Gasteiger partial charge on any atom is 0.433 e. The minimum absolute atomic E-state index is 0.0591. The van der Waals surface area contributed by atoms with E-state index in [1.165, 1.54) is 17.9 Å². The number of rotatable bonds is 3. The van der Waals surface area contributed by atoms with Gasteiger partial charge in [-0.05, 0) is 25.1 Å². The molecule has 2 amide bonds. The van der Waals surface area contributed by atoms with Crippen LogP contribution in [0.5, 0.6) is 0 Å². The number of amides is 2. The zero-order chi connectivity index (χ0) is 24.7. The van der Waals surface area contributed by atoms with Crippen LogP contribution in [0.25, 0.3) is 0 Å². The number of hydrogen-bond donors (Lipinski definition) is 1. The van der Waals surface area contributed by atoms with E-state index in [2.05, 4.69) is 0 Å². The summed E-state index contributed by atoms with van der Waals surface area (Å²) in [5.74, 6) is -0.834. The number of nitriles is 1. The Bertz CT molecular complexity index is 977. The molecule has 14 heteroatoms. The van der Waals surface area contributed by atoms with Crippen molar-refractivity contribution in [2.75, 3.05) is 18.0 Å². The average Bonchev–Trinajstić information content (AvgIpc) is 3.31. The monoisotopic (exact) mass is 480 g/mol. The van der Waals surface area contributed by atoms with Gasteiger partial charge in [0.2, 0.25) is 6.23 Å². The van der Waals surface area contributed by atoms with Gasteiger partial charge in [0.1, 0.15) is 6.10 Å². The Balaban J connectivity index is 1.88. The van der Waals surface area contributed by atoms with Crippen molar-refractivity contribution in [2.45, 2.75) is 50.2 Å². The van der Waals surface area contributed by atoms with Gasteiger partial charge in [0, 0.05) is 18.7 Å². The molecule has 1 aromatic carbocycles. The maximum atomic E-state index is 13.6. The molecule has 3 rings (SSSR count). The van der Waals surface area contributed by atoms with Gasteiger partial charge in [-0.1, -0.05) is 0 Å². The Kier molecular flexibility index (Phi) is 6.38. The van der Waals surface area contributed by atoms with Crippen LogP contribution in [0.2, 0.25) is 0 Å². The summed E-state index contributed by atoms with van der Waals surface area (Å²) in [5, 5.41) is 8.90.